The molecule has 0 spiro atoms. The third kappa shape index (κ3) is 6.43. The average molecular weight is 507 g/mol. The van der Waals surface area contributed by atoms with Crippen molar-refractivity contribution >= 4 is 40.4 Å². The van der Waals surface area contributed by atoms with Gasteiger partial charge in [0.2, 0.25) is 0 Å². The lowest BCUT2D eigenvalue weighted by atomic mass is 10.2. The highest BCUT2D eigenvalue weighted by atomic mass is 35.5. The summed E-state index contributed by atoms with van der Waals surface area (Å²) in [6, 6.07) is 7.12. The van der Waals surface area contributed by atoms with E-state index in [2.05, 4.69) is 30.3 Å². The summed E-state index contributed by atoms with van der Waals surface area (Å²) in [6.07, 6.45) is 4.59. The summed E-state index contributed by atoms with van der Waals surface area (Å²) < 4.78 is 34.8. The molecular formula is C22H21ClF2N6O4. The summed E-state index contributed by atoms with van der Waals surface area (Å²) in [5.41, 5.74) is -2.20. The van der Waals surface area contributed by atoms with Crippen LogP contribution >= 0.6 is 11.6 Å². The van der Waals surface area contributed by atoms with E-state index in [-0.39, 0.29) is 17.3 Å². The lowest BCUT2D eigenvalue weighted by molar-refractivity contribution is -0.0964. The van der Waals surface area contributed by atoms with Crippen LogP contribution in [0.4, 0.5) is 31.7 Å². The standard InChI is InChI=1S/C22H21ClF2N6O4/c1-34-21-27-10-15(11-28-21)29-18-8-13(9-26-19(18)31-7-6-16(32)12-31)20(33)30-14-2-4-17(5-3-14)35-22(23,24)25/h2-5,8-11,16,29,32H,6-7,12H2,1H3,(H,30,33)/t16-/m1/s1. The number of ether oxygens (including phenoxy) is 2. The number of hydrogen-bond acceptors (Lipinski definition) is 9. The first-order valence-corrected chi connectivity index (χ1v) is 10.8. The van der Waals surface area contributed by atoms with E-state index in [1.165, 1.54) is 50.0 Å². The predicted octanol–water partition coefficient (Wildman–Crippen LogP) is 3.62. The van der Waals surface area contributed by atoms with Gasteiger partial charge in [-0.2, -0.15) is 0 Å². The average Bonchev–Trinajstić information content (AvgIpc) is 3.26. The van der Waals surface area contributed by atoms with Gasteiger partial charge >= 0.3 is 11.6 Å². The summed E-state index contributed by atoms with van der Waals surface area (Å²) in [4.78, 5) is 27.3. The minimum absolute atomic E-state index is 0.157. The maximum absolute atomic E-state index is 12.9. The Hall–Kier alpha value is -3.77. The Morgan fingerprint density at radius 3 is 2.49 bits per heavy atom. The highest BCUT2D eigenvalue weighted by Gasteiger charge is 2.27. The number of rotatable bonds is 8. The number of nitrogens with zero attached hydrogens (tertiary/aromatic N) is 4. The van der Waals surface area contributed by atoms with Crippen molar-refractivity contribution in [2.75, 3.05) is 35.7 Å². The summed E-state index contributed by atoms with van der Waals surface area (Å²) in [5.74, 6) is -0.0803. The second kappa shape index (κ2) is 10.2. The number of carbonyl (C=O) groups excluding carboxylic acids is 1. The predicted molar refractivity (Wildman–Crippen MR) is 125 cm³/mol. The van der Waals surface area contributed by atoms with Crippen LogP contribution < -0.4 is 25.0 Å². The van der Waals surface area contributed by atoms with Crippen molar-refractivity contribution in [2.45, 2.75) is 18.1 Å². The Balaban J connectivity index is 1.55. The number of aliphatic hydroxyl groups is 1. The molecular weight excluding hydrogens is 486 g/mol. The third-order valence-electron chi connectivity index (χ3n) is 5.03. The number of alkyl halides is 3. The first kappa shape index (κ1) is 24.4. The molecule has 184 valence electrons. The molecule has 1 amide bonds. The molecule has 3 N–H and O–H groups in total. The molecule has 0 aliphatic carbocycles. The van der Waals surface area contributed by atoms with E-state index in [9.17, 15) is 18.7 Å². The number of halogens is 3. The van der Waals surface area contributed by atoms with Gasteiger partial charge in [-0.25, -0.2) is 15.0 Å². The third-order valence-corrected chi connectivity index (χ3v) is 5.10. The fourth-order valence-corrected chi connectivity index (χ4v) is 3.53. The van der Waals surface area contributed by atoms with Gasteiger partial charge in [-0.05, 0) is 36.8 Å². The second-order valence-corrected chi connectivity index (χ2v) is 8.03. The van der Waals surface area contributed by atoms with E-state index in [0.717, 1.165) is 0 Å². The lowest BCUT2D eigenvalue weighted by Crippen LogP contribution is -2.24. The molecule has 1 saturated heterocycles. The molecule has 1 aromatic carbocycles. The van der Waals surface area contributed by atoms with Gasteiger partial charge in [-0.3, -0.25) is 4.79 Å². The Bertz CT molecular complexity index is 1180. The zero-order chi connectivity index (χ0) is 25.0. The van der Waals surface area contributed by atoms with Crippen molar-refractivity contribution in [3.8, 4) is 11.8 Å². The van der Waals surface area contributed by atoms with Gasteiger partial charge in [0.25, 0.3) is 5.91 Å². The zero-order valence-corrected chi connectivity index (χ0v) is 19.2. The molecule has 4 rings (SSSR count). The minimum Gasteiger partial charge on any atom is -0.467 e. The van der Waals surface area contributed by atoms with E-state index in [4.69, 9.17) is 16.3 Å². The van der Waals surface area contributed by atoms with Crippen LogP contribution in [0.2, 0.25) is 0 Å². The summed E-state index contributed by atoms with van der Waals surface area (Å²) in [7, 11) is 1.46. The maximum atomic E-state index is 12.9. The number of aliphatic hydroxyl groups excluding tert-OH is 1. The molecule has 0 bridgehead atoms. The van der Waals surface area contributed by atoms with Gasteiger partial charge in [-0.15, -0.1) is 8.78 Å². The molecule has 10 nitrogen and oxygen atoms in total. The van der Waals surface area contributed by atoms with Gasteiger partial charge < -0.3 is 30.1 Å². The van der Waals surface area contributed by atoms with Crippen LogP contribution in [0.5, 0.6) is 11.8 Å². The Labute approximate surface area is 203 Å². The molecule has 0 unspecified atom stereocenters. The fourth-order valence-electron chi connectivity index (χ4n) is 3.44. The molecule has 1 fully saturated rings. The summed E-state index contributed by atoms with van der Waals surface area (Å²) in [5, 5.41) is 15.8. The summed E-state index contributed by atoms with van der Waals surface area (Å²) in [6.45, 7) is 1.01. The topological polar surface area (TPSA) is 122 Å². The number of β-amino-alcohol motifs (C(OH)–C–C–N with tert-alkyl or cyclic N) is 1. The molecule has 3 aromatic rings. The van der Waals surface area contributed by atoms with E-state index in [1.807, 2.05) is 4.90 Å². The number of anilines is 4. The number of carbonyl (C=O) groups is 1. The largest absolute Gasteiger partial charge is 0.487 e. The van der Waals surface area contributed by atoms with Gasteiger partial charge in [0, 0.05) is 36.6 Å². The molecule has 0 saturated carbocycles. The quantitative estimate of drug-likeness (QED) is 0.393. The van der Waals surface area contributed by atoms with Crippen LogP contribution in [0.3, 0.4) is 0 Å². The smallest absolute Gasteiger partial charge is 0.467 e. The van der Waals surface area contributed by atoms with Crippen LogP contribution in [0.25, 0.3) is 0 Å². The molecule has 1 aliphatic rings. The number of amides is 1. The highest BCUT2D eigenvalue weighted by Crippen LogP contribution is 2.31. The molecule has 35 heavy (non-hydrogen) atoms. The van der Waals surface area contributed by atoms with Crippen LogP contribution in [0.1, 0.15) is 16.8 Å². The zero-order valence-electron chi connectivity index (χ0n) is 18.4. The van der Waals surface area contributed by atoms with Crippen LogP contribution in [-0.2, 0) is 0 Å². The van der Waals surface area contributed by atoms with E-state index in [0.29, 0.717) is 42.4 Å². The molecule has 1 atom stereocenters. The SMILES string of the molecule is COc1ncc(Nc2cc(C(=O)Nc3ccc(OC(F)(F)Cl)cc3)cnc2N2CC[C@@H](O)C2)cn1. The van der Waals surface area contributed by atoms with Gasteiger partial charge in [0.05, 0.1) is 42.5 Å². The lowest BCUT2D eigenvalue weighted by Gasteiger charge is -2.21. The number of aromatic nitrogens is 3. The molecule has 2 aromatic heterocycles. The van der Waals surface area contributed by atoms with Crippen molar-refractivity contribution in [3.63, 3.8) is 0 Å². The normalized spacial score (nSPS) is 15.6. The van der Waals surface area contributed by atoms with Crippen LogP contribution in [0.15, 0.2) is 48.9 Å². The molecule has 13 heteroatoms. The van der Waals surface area contributed by atoms with Crippen molar-refractivity contribution < 1.29 is 28.2 Å². The number of nitrogens with one attached hydrogen (secondary N) is 2. The van der Waals surface area contributed by atoms with E-state index in [1.54, 1.807) is 6.07 Å². The van der Waals surface area contributed by atoms with Crippen molar-refractivity contribution in [3.05, 3.63) is 54.5 Å². The van der Waals surface area contributed by atoms with Crippen molar-refractivity contribution in [1.29, 1.82) is 0 Å². The number of benzene rings is 1. The monoisotopic (exact) mass is 506 g/mol. The first-order chi connectivity index (χ1) is 16.7. The Kier molecular flexibility index (Phi) is 7.12. The van der Waals surface area contributed by atoms with Crippen LogP contribution in [-0.4, -0.2) is 57.8 Å². The summed E-state index contributed by atoms with van der Waals surface area (Å²) >= 11 is 4.76. The second-order valence-electron chi connectivity index (χ2n) is 7.59. The number of hydrogen-bond donors (Lipinski definition) is 3. The van der Waals surface area contributed by atoms with E-state index < -0.39 is 17.6 Å². The van der Waals surface area contributed by atoms with Crippen LogP contribution in [0, 0.1) is 0 Å². The van der Waals surface area contributed by atoms with Gasteiger partial charge in [0.15, 0.2) is 5.82 Å². The van der Waals surface area contributed by atoms with E-state index >= 15 is 0 Å². The highest BCUT2D eigenvalue weighted by molar-refractivity contribution is 6.20. The molecule has 1 aliphatic heterocycles. The Morgan fingerprint density at radius 2 is 1.89 bits per heavy atom. The number of methoxy groups -OCH3 is 1. The Morgan fingerprint density at radius 1 is 1.17 bits per heavy atom. The van der Waals surface area contributed by atoms with Crippen molar-refractivity contribution in [2.24, 2.45) is 0 Å². The van der Waals surface area contributed by atoms with Crippen molar-refractivity contribution in [1.82, 2.24) is 15.0 Å². The first-order valence-electron chi connectivity index (χ1n) is 10.4. The number of pyridine rings is 1. The fraction of sp³-hybridized carbons (Fsp3) is 0.273. The van der Waals surface area contributed by atoms with Gasteiger partial charge in [-0.1, -0.05) is 0 Å². The molecule has 3 heterocycles. The maximum Gasteiger partial charge on any atom is 0.487 e. The van der Waals surface area contributed by atoms with Gasteiger partial charge in [0.1, 0.15) is 5.75 Å². The minimum atomic E-state index is -3.83. The molecule has 0 radical (unpaired) electrons.